The Balaban J connectivity index is 1.52. The summed E-state index contributed by atoms with van der Waals surface area (Å²) in [6.45, 7) is 5.06. The van der Waals surface area contributed by atoms with Crippen LogP contribution in [0, 0.1) is 13.8 Å². The quantitative estimate of drug-likeness (QED) is 0.555. The van der Waals surface area contributed by atoms with Gasteiger partial charge < -0.3 is 20.1 Å². The molecule has 0 aliphatic carbocycles. The lowest BCUT2D eigenvalue weighted by Gasteiger charge is -2.11. The molecule has 29 heavy (non-hydrogen) atoms. The van der Waals surface area contributed by atoms with Crippen LogP contribution in [0.4, 0.5) is 11.4 Å². The fourth-order valence-corrected chi connectivity index (χ4v) is 2.95. The minimum Gasteiger partial charge on any atom is -0.497 e. The molecule has 2 aromatic carbocycles. The first kappa shape index (κ1) is 20.2. The minimum absolute atomic E-state index is 0.194. The van der Waals surface area contributed by atoms with Gasteiger partial charge in [0.25, 0.3) is 5.91 Å². The Hall–Kier alpha value is -3.54. The molecule has 0 saturated heterocycles. The van der Waals surface area contributed by atoms with Crippen molar-refractivity contribution in [3.63, 3.8) is 0 Å². The first-order valence-corrected chi connectivity index (χ1v) is 9.39. The summed E-state index contributed by atoms with van der Waals surface area (Å²) in [6, 6.07) is 15.1. The molecule has 3 aromatic rings. The molecule has 0 aliphatic rings. The van der Waals surface area contributed by atoms with Gasteiger partial charge in [-0.25, -0.2) is 0 Å². The van der Waals surface area contributed by atoms with E-state index in [1.807, 2.05) is 50.2 Å². The molecule has 0 fully saturated rings. The number of rotatable bonds is 8. The van der Waals surface area contributed by atoms with Crippen molar-refractivity contribution in [3.05, 3.63) is 77.6 Å². The molecule has 6 heteroatoms. The van der Waals surface area contributed by atoms with Gasteiger partial charge in [-0.2, -0.15) is 0 Å². The summed E-state index contributed by atoms with van der Waals surface area (Å²) in [4.78, 5) is 16.7. The smallest absolute Gasteiger partial charge is 0.257 e. The van der Waals surface area contributed by atoms with Crippen LogP contribution in [0.3, 0.4) is 0 Å². The second kappa shape index (κ2) is 9.59. The molecule has 150 valence electrons. The molecule has 6 nitrogen and oxygen atoms in total. The number of anilines is 2. The van der Waals surface area contributed by atoms with Crippen LogP contribution in [0.1, 0.15) is 21.5 Å². The first-order valence-electron chi connectivity index (χ1n) is 9.39. The van der Waals surface area contributed by atoms with E-state index in [1.165, 1.54) is 0 Å². The summed E-state index contributed by atoms with van der Waals surface area (Å²) in [6.07, 6.45) is 3.23. The Kier molecular flexibility index (Phi) is 6.68. The molecule has 0 saturated carbocycles. The van der Waals surface area contributed by atoms with E-state index in [9.17, 15) is 4.79 Å². The number of carbonyl (C=O) groups excluding carboxylic acids is 1. The van der Waals surface area contributed by atoms with Crippen LogP contribution in [-0.4, -0.2) is 31.2 Å². The van der Waals surface area contributed by atoms with Crippen molar-refractivity contribution in [1.82, 2.24) is 4.98 Å². The molecule has 3 rings (SSSR count). The normalized spacial score (nSPS) is 10.3. The van der Waals surface area contributed by atoms with Gasteiger partial charge >= 0.3 is 0 Å². The van der Waals surface area contributed by atoms with Crippen molar-refractivity contribution in [2.45, 2.75) is 13.8 Å². The average Bonchev–Trinajstić information content (AvgIpc) is 2.71. The Labute approximate surface area is 170 Å². The molecular weight excluding hydrogens is 366 g/mol. The van der Waals surface area contributed by atoms with Crippen molar-refractivity contribution in [1.29, 1.82) is 0 Å². The summed E-state index contributed by atoms with van der Waals surface area (Å²) in [5, 5.41) is 6.15. The van der Waals surface area contributed by atoms with E-state index in [2.05, 4.69) is 21.7 Å². The molecule has 0 spiro atoms. The third kappa shape index (κ3) is 5.97. The summed E-state index contributed by atoms with van der Waals surface area (Å²) in [7, 11) is 1.63. The maximum atomic E-state index is 12.5. The molecule has 2 N–H and O–H groups in total. The summed E-state index contributed by atoms with van der Waals surface area (Å²) in [5.41, 5.74) is 4.23. The maximum absolute atomic E-state index is 12.5. The van der Waals surface area contributed by atoms with Crippen LogP contribution in [0.2, 0.25) is 0 Å². The second-order valence-corrected chi connectivity index (χ2v) is 6.74. The van der Waals surface area contributed by atoms with E-state index in [1.54, 1.807) is 25.6 Å². The SMILES string of the molecule is COc1ccc(OCCNc2cncc(C(=O)Nc3cc(C)cc(C)c3)c2)cc1. The molecular formula is C23H25N3O3. The standard InChI is InChI=1S/C23H25N3O3/c1-16-10-17(2)12-19(11-16)26-23(27)18-13-20(15-24-14-18)25-8-9-29-22-6-4-21(28-3)5-7-22/h4-7,10-15,25H,8-9H2,1-3H3,(H,26,27). The van der Waals surface area contributed by atoms with E-state index < -0.39 is 0 Å². The van der Waals surface area contributed by atoms with E-state index in [0.717, 1.165) is 34.0 Å². The molecule has 1 aromatic heterocycles. The number of hydrogen-bond donors (Lipinski definition) is 2. The fraction of sp³-hybridized carbons (Fsp3) is 0.217. The van der Waals surface area contributed by atoms with E-state index in [0.29, 0.717) is 18.7 Å². The van der Waals surface area contributed by atoms with E-state index in [4.69, 9.17) is 9.47 Å². The number of benzene rings is 2. The number of methoxy groups -OCH3 is 1. The molecule has 0 atom stereocenters. The van der Waals surface area contributed by atoms with Crippen molar-refractivity contribution in [2.24, 2.45) is 0 Å². The molecule has 0 bridgehead atoms. The predicted octanol–water partition coefficient (Wildman–Crippen LogP) is 4.45. The molecule has 1 heterocycles. The second-order valence-electron chi connectivity index (χ2n) is 6.74. The van der Waals surface area contributed by atoms with Gasteiger partial charge in [-0.05, 0) is 67.4 Å². The monoisotopic (exact) mass is 391 g/mol. The third-order valence-electron chi connectivity index (χ3n) is 4.24. The molecule has 0 aliphatic heterocycles. The zero-order valence-electron chi connectivity index (χ0n) is 16.9. The molecule has 0 unspecified atom stereocenters. The van der Waals surface area contributed by atoms with Crippen molar-refractivity contribution in [3.8, 4) is 11.5 Å². The van der Waals surface area contributed by atoms with Crippen molar-refractivity contribution in [2.75, 3.05) is 30.9 Å². The van der Waals surface area contributed by atoms with E-state index in [-0.39, 0.29) is 5.91 Å². The lowest BCUT2D eigenvalue weighted by molar-refractivity contribution is 0.102. The number of ether oxygens (including phenoxy) is 2. The van der Waals surface area contributed by atoms with Crippen molar-refractivity contribution >= 4 is 17.3 Å². The van der Waals surface area contributed by atoms with Crippen LogP contribution in [0.15, 0.2) is 60.9 Å². The minimum atomic E-state index is -0.194. The number of hydrogen-bond acceptors (Lipinski definition) is 5. The Morgan fingerprint density at radius 1 is 0.931 bits per heavy atom. The highest BCUT2D eigenvalue weighted by Crippen LogP contribution is 2.18. The van der Waals surface area contributed by atoms with Crippen LogP contribution in [0.5, 0.6) is 11.5 Å². The highest BCUT2D eigenvalue weighted by Gasteiger charge is 2.08. The van der Waals surface area contributed by atoms with Gasteiger partial charge in [-0.1, -0.05) is 6.07 Å². The molecule has 1 amide bonds. The highest BCUT2D eigenvalue weighted by atomic mass is 16.5. The van der Waals surface area contributed by atoms with Gasteiger partial charge in [0.2, 0.25) is 0 Å². The van der Waals surface area contributed by atoms with Crippen LogP contribution in [-0.2, 0) is 0 Å². The van der Waals surface area contributed by atoms with Gasteiger partial charge in [-0.15, -0.1) is 0 Å². The van der Waals surface area contributed by atoms with Crippen LogP contribution >= 0.6 is 0 Å². The Bertz CT molecular complexity index is 951. The van der Waals surface area contributed by atoms with Gasteiger partial charge in [0, 0.05) is 24.6 Å². The summed E-state index contributed by atoms with van der Waals surface area (Å²) < 4.78 is 10.8. The number of carbonyl (C=O) groups is 1. The lowest BCUT2D eigenvalue weighted by atomic mass is 10.1. The number of nitrogens with zero attached hydrogens (tertiary/aromatic N) is 1. The molecule has 0 radical (unpaired) electrons. The van der Waals surface area contributed by atoms with Crippen molar-refractivity contribution < 1.29 is 14.3 Å². The number of aryl methyl sites for hydroxylation is 2. The van der Waals surface area contributed by atoms with Crippen LogP contribution in [0.25, 0.3) is 0 Å². The number of pyridine rings is 1. The summed E-state index contributed by atoms with van der Waals surface area (Å²) in [5.74, 6) is 1.37. The Morgan fingerprint density at radius 3 is 2.31 bits per heavy atom. The third-order valence-corrected chi connectivity index (χ3v) is 4.24. The Morgan fingerprint density at radius 2 is 1.62 bits per heavy atom. The van der Waals surface area contributed by atoms with Gasteiger partial charge in [0.05, 0.1) is 18.4 Å². The number of amides is 1. The average molecular weight is 391 g/mol. The zero-order valence-corrected chi connectivity index (χ0v) is 16.9. The maximum Gasteiger partial charge on any atom is 0.257 e. The van der Waals surface area contributed by atoms with Crippen LogP contribution < -0.4 is 20.1 Å². The van der Waals surface area contributed by atoms with Gasteiger partial charge in [-0.3, -0.25) is 9.78 Å². The topological polar surface area (TPSA) is 72.5 Å². The largest absolute Gasteiger partial charge is 0.497 e. The van der Waals surface area contributed by atoms with E-state index >= 15 is 0 Å². The summed E-state index contributed by atoms with van der Waals surface area (Å²) >= 11 is 0. The number of aromatic nitrogens is 1. The zero-order chi connectivity index (χ0) is 20.6. The lowest BCUT2D eigenvalue weighted by Crippen LogP contribution is -2.14. The highest BCUT2D eigenvalue weighted by molar-refractivity contribution is 6.04. The van der Waals surface area contributed by atoms with Gasteiger partial charge in [0.1, 0.15) is 18.1 Å². The fourth-order valence-electron chi connectivity index (χ4n) is 2.95. The van der Waals surface area contributed by atoms with Gasteiger partial charge in [0.15, 0.2) is 0 Å². The first-order chi connectivity index (χ1) is 14.0. The predicted molar refractivity (Wildman–Crippen MR) is 115 cm³/mol. The number of nitrogens with one attached hydrogen (secondary N) is 2.